The molecule has 0 unspecified atom stereocenters. The molecule has 1 aromatic heterocycles. The third-order valence-electron chi connectivity index (χ3n) is 10.0. The lowest BCUT2D eigenvalue weighted by Gasteiger charge is -2.40. The molecule has 0 radical (unpaired) electrons. The molecule has 2 aliphatic heterocycles. The highest BCUT2D eigenvalue weighted by Crippen LogP contribution is 2.58. The van der Waals surface area contributed by atoms with Crippen LogP contribution in [-0.2, 0) is 9.59 Å². The van der Waals surface area contributed by atoms with Gasteiger partial charge in [-0.05, 0) is 73.0 Å². The Morgan fingerprint density at radius 1 is 0.944 bits per heavy atom. The van der Waals surface area contributed by atoms with Crippen molar-refractivity contribution < 1.29 is 9.59 Å². The van der Waals surface area contributed by atoms with Crippen LogP contribution in [-0.4, -0.2) is 65.3 Å². The van der Waals surface area contributed by atoms with Gasteiger partial charge in [-0.25, -0.2) is 0 Å². The molecule has 2 aromatic rings. The maximum atomic E-state index is 13.4. The zero-order chi connectivity index (χ0) is 24.4. The van der Waals surface area contributed by atoms with E-state index in [2.05, 4.69) is 40.6 Å². The number of likely N-dealkylation sites (tertiary alicyclic amines) is 1. The van der Waals surface area contributed by atoms with Crippen LogP contribution in [0, 0.1) is 35.5 Å². The molecule has 5 aliphatic rings. The largest absolute Gasteiger partial charge is 0.353 e. The van der Waals surface area contributed by atoms with Crippen molar-refractivity contribution in [2.75, 3.05) is 44.2 Å². The zero-order valence-electron chi connectivity index (χ0n) is 21.0. The van der Waals surface area contributed by atoms with Gasteiger partial charge in [-0.3, -0.25) is 19.4 Å². The first-order valence-electron chi connectivity index (χ1n) is 13.9. The van der Waals surface area contributed by atoms with Crippen LogP contribution in [0.3, 0.4) is 0 Å². The molecule has 0 N–H and O–H groups in total. The number of nitrogens with zero attached hydrogens (tertiary/aromatic N) is 4. The van der Waals surface area contributed by atoms with E-state index in [0.717, 1.165) is 57.8 Å². The highest BCUT2D eigenvalue weighted by molar-refractivity contribution is 7.13. The van der Waals surface area contributed by atoms with Gasteiger partial charge in [-0.1, -0.05) is 37.1 Å². The molecule has 3 aliphatic carbocycles. The van der Waals surface area contributed by atoms with Gasteiger partial charge in [-0.2, -0.15) is 4.37 Å². The van der Waals surface area contributed by atoms with Crippen molar-refractivity contribution in [1.82, 2.24) is 14.2 Å². The number of amides is 2. The first-order chi connectivity index (χ1) is 17.6. The Morgan fingerprint density at radius 2 is 1.67 bits per heavy atom. The fourth-order valence-electron chi connectivity index (χ4n) is 8.19. The van der Waals surface area contributed by atoms with E-state index in [-0.39, 0.29) is 29.6 Å². The smallest absolute Gasteiger partial charge is 0.233 e. The standard InChI is InChI=1S/C29H36N4O2S/c1-18-14-21-15-23(18)26-25(21)28(34)33(29(26)35)17-20-7-3-2-6-19(20)16-31-10-12-32(13-11-31)27-22-8-4-5-9-24(22)36-30-27/h4-5,8-9,19-21,23,25-26H,1-3,6-7,10-17H2/t19-,20-,21-,23+,25+,26-/m0/s1. The average Bonchev–Trinajstić information content (AvgIpc) is 3.64. The molecule has 7 rings (SSSR count). The highest BCUT2D eigenvalue weighted by Gasteiger charge is 2.62. The van der Waals surface area contributed by atoms with E-state index in [1.807, 2.05) is 0 Å². The van der Waals surface area contributed by atoms with E-state index in [1.165, 1.54) is 34.9 Å². The van der Waals surface area contributed by atoms with Crippen LogP contribution in [0.25, 0.3) is 10.1 Å². The summed E-state index contributed by atoms with van der Waals surface area (Å²) in [5, 5.41) is 1.27. The minimum Gasteiger partial charge on any atom is -0.353 e. The number of aromatic nitrogens is 1. The summed E-state index contributed by atoms with van der Waals surface area (Å²) in [7, 11) is 0. The lowest BCUT2D eigenvalue weighted by Crippen LogP contribution is -2.49. The van der Waals surface area contributed by atoms with Crippen molar-refractivity contribution >= 4 is 39.3 Å². The predicted molar refractivity (Wildman–Crippen MR) is 143 cm³/mol. The molecule has 7 heteroatoms. The second-order valence-electron chi connectivity index (χ2n) is 11.9. The molecule has 2 amide bonds. The van der Waals surface area contributed by atoms with Crippen molar-refractivity contribution in [2.24, 2.45) is 35.5 Å². The molecule has 5 fully saturated rings. The van der Waals surface area contributed by atoms with Crippen molar-refractivity contribution in [1.29, 1.82) is 0 Å². The van der Waals surface area contributed by atoms with Crippen molar-refractivity contribution in [2.45, 2.75) is 38.5 Å². The number of carbonyl (C=O) groups is 2. The third-order valence-corrected chi connectivity index (χ3v) is 10.9. The Balaban J connectivity index is 0.990. The van der Waals surface area contributed by atoms with E-state index < -0.39 is 0 Å². The number of carbonyl (C=O) groups excluding carboxylic acids is 2. The summed E-state index contributed by atoms with van der Waals surface area (Å²) in [6.45, 7) is 10.1. The van der Waals surface area contributed by atoms with Gasteiger partial charge in [0.2, 0.25) is 11.8 Å². The minimum absolute atomic E-state index is 0.0510. The summed E-state index contributed by atoms with van der Waals surface area (Å²) in [5.74, 6) is 2.87. The van der Waals surface area contributed by atoms with E-state index in [4.69, 9.17) is 4.37 Å². The quantitative estimate of drug-likeness (QED) is 0.446. The molecule has 36 heavy (non-hydrogen) atoms. The van der Waals surface area contributed by atoms with Gasteiger partial charge in [0.25, 0.3) is 0 Å². The molecule has 6 atom stereocenters. The number of fused-ring (bicyclic) bond motifs is 6. The summed E-state index contributed by atoms with van der Waals surface area (Å²) in [6, 6.07) is 8.52. The number of anilines is 1. The number of imide groups is 1. The Morgan fingerprint density at radius 3 is 2.47 bits per heavy atom. The van der Waals surface area contributed by atoms with Crippen molar-refractivity contribution in [3.8, 4) is 0 Å². The molecular formula is C29H36N4O2S. The third kappa shape index (κ3) is 3.65. The maximum Gasteiger partial charge on any atom is 0.233 e. The van der Waals surface area contributed by atoms with Gasteiger partial charge < -0.3 is 4.90 Å². The first-order valence-corrected chi connectivity index (χ1v) is 14.7. The highest BCUT2D eigenvalue weighted by atomic mass is 32.1. The Labute approximate surface area is 217 Å². The molecule has 2 bridgehead atoms. The average molecular weight is 505 g/mol. The maximum absolute atomic E-state index is 13.4. The fourth-order valence-corrected chi connectivity index (χ4v) is 8.98. The van der Waals surface area contributed by atoms with Crippen LogP contribution >= 0.6 is 11.5 Å². The molecular weight excluding hydrogens is 468 g/mol. The molecule has 3 saturated carbocycles. The van der Waals surface area contributed by atoms with E-state index in [1.54, 1.807) is 16.4 Å². The summed E-state index contributed by atoms with van der Waals surface area (Å²) in [6.07, 6.45) is 6.80. The second kappa shape index (κ2) is 8.95. The van der Waals surface area contributed by atoms with Gasteiger partial charge in [0.05, 0.1) is 16.5 Å². The van der Waals surface area contributed by atoms with Gasteiger partial charge in [0, 0.05) is 44.7 Å². The Hall–Kier alpha value is -2.25. The molecule has 1 aromatic carbocycles. The fraction of sp³-hybridized carbons (Fsp3) is 0.621. The number of rotatable bonds is 5. The molecule has 3 heterocycles. The zero-order valence-corrected chi connectivity index (χ0v) is 21.8. The number of piperazine rings is 1. The topological polar surface area (TPSA) is 56.8 Å². The van der Waals surface area contributed by atoms with E-state index in [9.17, 15) is 9.59 Å². The monoisotopic (exact) mass is 504 g/mol. The Bertz CT molecular complexity index is 1200. The van der Waals surface area contributed by atoms with E-state index >= 15 is 0 Å². The van der Waals surface area contributed by atoms with Crippen LogP contribution in [0.2, 0.25) is 0 Å². The summed E-state index contributed by atoms with van der Waals surface area (Å²) in [4.78, 5) is 33.5. The first kappa shape index (κ1) is 22.9. The number of benzene rings is 1. The predicted octanol–water partition coefficient (Wildman–Crippen LogP) is 4.42. The van der Waals surface area contributed by atoms with Crippen LogP contribution in [0.5, 0.6) is 0 Å². The Kier molecular flexibility index (Phi) is 5.69. The van der Waals surface area contributed by atoms with Crippen LogP contribution in [0.1, 0.15) is 38.5 Å². The number of hydrogen-bond donors (Lipinski definition) is 0. The van der Waals surface area contributed by atoms with Crippen LogP contribution in [0.4, 0.5) is 5.82 Å². The van der Waals surface area contributed by atoms with Crippen LogP contribution in [0.15, 0.2) is 36.4 Å². The molecule has 190 valence electrons. The van der Waals surface area contributed by atoms with Gasteiger partial charge in [0.15, 0.2) is 0 Å². The van der Waals surface area contributed by atoms with Gasteiger partial charge in [0.1, 0.15) is 5.82 Å². The molecule has 6 nitrogen and oxygen atoms in total. The normalized spacial score (nSPS) is 34.8. The van der Waals surface area contributed by atoms with Crippen molar-refractivity contribution in [3.05, 3.63) is 36.4 Å². The lowest BCUT2D eigenvalue weighted by atomic mass is 9.78. The number of allylic oxidation sites excluding steroid dienone is 1. The summed E-state index contributed by atoms with van der Waals surface area (Å²) < 4.78 is 6.02. The number of hydrogen-bond acceptors (Lipinski definition) is 6. The van der Waals surface area contributed by atoms with Crippen molar-refractivity contribution in [3.63, 3.8) is 0 Å². The minimum atomic E-state index is -0.0966. The van der Waals surface area contributed by atoms with Crippen LogP contribution < -0.4 is 4.90 Å². The SMILES string of the molecule is C=C1C[C@H]2C[C@H]1[C@@H]1C(=O)N(C[C@@H]3CCCC[C@H]3CN3CCN(c4nsc5ccccc45)CC3)C(=O)[C@H]21. The summed E-state index contributed by atoms with van der Waals surface area (Å²) >= 11 is 1.59. The van der Waals surface area contributed by atoms with Gasteiger partial charge >= 0.3 is 0 Å². The molecule has 0 spiro atoms. The van der Waals surface area contributed by atoms with E-state index in [0.29, 0.717) is 24.3 Å². The second-order valence-corrected chi connectivity index (χ2v) is 12.7. The molecule has 2 saturated heterocycles. The lowest BCUT2D eigenvalue weighted by molar-refractivity contribution is -0.142. The van der Waals surface area contributed by atoms with Gasteiger partial charge in [-0.15, -0.1) is 0 Å². The summed E-state index contributed by atoms with van der Waals surface area (Å²) in [5.41, 5.74) is 1.21.